The first kappa shape index (κ1) is 14.8. The Balaban J connectivity index is 2.93. The molecule has 3 heteroatoms. The molecule has 1 unspecified atom stereocenters. The summed E-state index contributed by atoms with van der Waals surface area (Å²) in [7, 11) is 0. The first-order valence-electron chi connectivity index (χ1n) is 6.90. The Morgan fingerprint density at radius 2 is 2.17 bits per heavy atom. The molecule has 1 rings (SSSR count). The lowest BCUT2D eigenvalue weighted by molar-refractivity contribution is 0.496. The van der Waals surface area contributed by atoms with E-state index in [1.54, 1.807) is 0 Å². The first-order chi connectivity index (χ1) is 8.72. The summed E-state index contributed by atoms with van der Waals surface area (Å²) in [6.07, 6.45) is 6.14. The van der Waals surface area contributed by atoms with Gasteiger partial charge in [-0.15, -0.1) is 6.58 Å². The summed E-state index contributed by atoms with van der Waals surface area (Å²) in [6, 6.07) is 2.54. The van der Waals surface area contributed by atoms with Crippen molar-refractivity contribution in [3.63, 3.8) is 0 Å². The number of hydrogen-bond acceptors (Lipinski definition) is 3. The van der Waals surface area contributed by atoms with Crippen molar-refractivity contribution in [1.82, 2.24) is 15.5 Å². The second kappa shape index (κ2) is 7.98. The minimum absolute atomic E-state index is 0.368. The molecule has 0 spiro atoms. The number of rotatable bonds is 8. The predicted molar refractivity (Wildman–Crippen MR) is 76.6 cm³/mol. The fourth-order valence-electron chi connectivity index (χ4n) is 2.08. The van der Waals surface area contributed by atoms with Crippen LogP contribution in [0.25, 0.3) is 0 Å². The Hall–Kier alpha value is -1.22. The molecule has 0 amide bonds. The lowest BCUT2D eigenvalue weighted by atomic mass is 9.99. The van der Waals surface area contributed by atoms with Gasteiger partial charge in [0.2, 0.25) is 0 Å². The Morgan fingerprint density at radius 1 is 1.39 bits per heavy atom. The van der Waals surface area contributed by atoms with E-state index in [-0.39, 0.29) is 0 Å². The minimum atomic E-state index is 0.368. The van der Waals surface area contributed by atoms with Gasteiger partial charge in [0, 0.05) is 6.04 Å². The van der Waals surface area contributed by atoms with E-state index in [4.69, 9.17) is 0 Å². The molecule has 1 N–H and O–H groups in total. The van der Waals surface area contributed by atoms with E-state index >= 15 is 0 Å². The molecule has 18 heavy (non-hydrogen) atoms. The summed E-state index contributed by atoms with van der Waals surface area (Å²) in [4.78, 5) is 0. The number of allylic oxidation sites excluding steroid dienone is 1. The molecular weight excluding hydrogens is 222 g/mol. The van der Waals surface area contributed by atoms with Gasteiger partial charge in [0.25, 0.3) is 0 Å². The van der Waals surface area contributed by atoms with Crippen LogP contribution in [0.4, 0.5) is 0 Å². The highest BCUT2D eigenvalue weighted by atomic mass is 15.1. The van der Waals surface area contributed by atoms with Gasteiger partial charge in [-0.05, 0) is 50.8 Å². The summed E-state index contributed by atoms with van der Waals surface area (Å²) >= 11 is 0. The summed E-state index contributed by atoms with van der Waals surface area (Å²) in [6.45, 7) is 11.2. The van der Waals surface area contributed by atoms with Crippen molar-refractivity contribution in [2.24, 2.45) is 0 Å². The largest absolute Gasteiger partial charge is 0.310 e. The van der Waals surface area contributed by atoms with Crippen LogP contribution < -0.4 is 5.32 Å². The standard InChI is InChI=1S/C15H25N3/c1-5-8-9-15(16-10-6-2)13-11-12(4)17-18-14(13)7-3/h5,11,15-16H,1,6-10H2,2-4H3. The van der Waals surface area contributed by atoms with Crippen LogP contribution in [0.5, 0.6) is 0 Å². The number of hydrogen-bond donors (Lipinski definition) is 1. The van der Waals surface area contributed by atoms with Crippen LogP contribution in [-0.4, -0.2) is 16.7 Å². The van der Waals surface area contributed by atoms with Gasteiger partial charge in [-0.25, -0.2) is 0 Å². The molecule has 3 nitrogen and oxygen atoms in total. The zero-order valence-corrected chi connectivity index (χ0v) is 11.9. The van der Waals surface area contributed by atoms with Gasteiger partial charge >= 0.3 is 0 Å². The fourth-order valence-corrected chi connectivity index (χ4v) is 2.08. The third kappa shape index (κ3) is 4.22. The molecule has 0 aromatic carbocycles. The van der Waals surface area contributed by atoms with Crippen LogP contribution in [-0.2, 0) is 6.42 Å². The highest BCUT2D eigenvalue weighted by Crippen LogP contribution is 2.22. The highest BCUT2D eigenvalue weighted by molar-refractivity contribution is 5.25. The maximum absolute atomic E-state index is 4.32. The van der Waals surface area contributed by atoms with Crippen LogP contribution in [0.2, 0.25) is 0 Å². The first-order valence-corrected chi connectivity index (χ1v) is 6.90. The van der Waals surface area contributed by atoms with E-state index in [1.807, 2.05) is 13.0 Å². The van der Waals surface area contributed by atoms with E-state index in [2.05, 4.69) is 42.0 Å². The molecule has 1 aromatic rings. The number of aromatic nitrogens is 2. The third-order valence-electron chi connectivity index (χ3n) is 3.04. The van der Waals surface area contributed by atoms with Crippen molar-refractivity contribution in [1.29, 1.82) is 0 Å². The number of nitrogens with zero attached hydrogens (tertiary/aromatic N) is 2. The van der Waals surface area contributed by atoms with Gasteiger partial charge in [0.1, 0.15) is 0 Å². The number of nitrogens with one attached hydrogen (secondary N) is 1. The van der Waals surface area contributed by atoms with Crippen LogP contribution in [0.15, 0.2) is 18.7 Å². The maximum atomic E-state index is 4.32. The van der Waals surface area contributed by atoms with E-state index in [9.17, 15) is 0 Å². The number of aryl methyl sites for hydroxylation is 2. The second-order valence-electron chi connectivity index (χ2n) is 4.61. The van der Waals surface area contributed by atoms with Crippen LogP contribution >= 0.6 is 0 Å². The van der Waals surface area contributed by atoms with Gasteiger partial charge < -0.3 is 5.32 Å². The van der Waals surface area contributed by atoms with Crippen LogP contribution in [0, 0.1) is 6.92 Å². The van der Waals surface area contributed by atoms with Crippen molar-refractivity contribution in [3.05, 3.63) is 35.7 Å². The summed E-state index contributed by atoms with van der Waals surface area (Å²) < 4.78 is 0. The Bertz CT molecular complexity index is 374. The molecule has 0 radical (unpaired) electrons. The summed E-state index contributed by atoms with van der Waals surface area (Å²) in [5.41, 5.74) is 3.41. The molecule has 1 aromatic heterocycles. The summed E-state index contributed by atoms with van der Waals surface area (Å²) in [5.74, 6) is 0. The molecule has 0 fully saturated rings. The topological polar surface area (TPSA) is 37.8 Å². The van der Waals surface area contributed by atoms with Gasteiger partial charge in [0.15, 0.2) is 0 Å². The SMILES string of the molecule is C=CCCC(NCCC)c1cc(C)nnc1CC. The van der Waals surface area contributed by atoms with Crippen molar-refractivity contribution in [2.45, 2.75) is 52.5 Å². The quantitative estimate of drug-likeness (QED) is 0.716. The monoisotopic (exact) mass is 247 g/mol. The normalized spacial score (nSPS) is 12.4. The van der Waals surface area contributed by atoms with Gasteiger partial charge in [-0.3, -0.25) is 0 Å². The van der Waals surface area contributed by atoms with Gasteiger partial charge in [-0.2, -0.15) is 10.2 Å². The Labute approximate surface area is 111 Å². The van der Waals surface area contributed by atoms with Crippen molar-refractivity contribution >= 4 is 0 Å². The Morgan fingerprint density at radius 3 is 2.78 bits per heavy atom. The second-order valence-corrected chi connectivity index (χ2v) is 4.61. The summed E-state index contributed by atoms with van der Waals surface area (Å²) in [5, 5.41) is 12.1. The lowest BCUT2D eigenvalue weighted by Crippen LogP contribution is -2.24. The minimum Gasteiger partial charge on any atom is -0.310 e. The van der Waals surface area contributed by atoms with Crippen molar-refractivity contribution in [3.8, 4) is 0 Å². The van der Waals surface area contributed by atoms with E-state index < -0.39 is 0 Å². The van der Waals surface area contributed by atoms with E-state index in [0.29, 0.717) is 6.04 Å². The molecule has 0 aliphatic carbocycles. The van der Waals surface area contributed by atoms with E-state index in [1.165, 1.54) is 5.56 Å². The zero-order valence-electron chi connectivity index (χ0n) is 11.9. The molecule has 100 valence electrons. The molecule has 0 saturated carbocycles. The molecule has 1 atom stereocenters. The molecule has 1 heterocycles. The third-order valence-corrected chi connectivity index (χ3v) is 3.04. The molecule has 0 saturated heterocycles. The van der Waals surface area contributed by atoms with E-state index in [0.717, 1.165) is 43.6 Å². The molecule has 0 aliphatic rings. The molecule has 0 aliphatic heterocycles. The maximum Gasteiger partial charge on any atom is 0.0676 e. The molecule has 0 bridgehead atoms. The lowest BCUT2D eigenvalue weighted by Gasteiger charge is -2.20. The predicted octanol–water partition coefficient (Wildman–Crippen LogP) is 3.35. The fraction of sp³-hybridized carbons (Fsp3) is 0.600. The van der Waals surface area contributed by atoms with Gasteiger partial charge in [-0.1, -0.05) is 19.9 Å². The van der Waals surface area contributed by atoms with Crippen molar-refractivity contribution in [2.75, 3.05) is 6.54 Å². The zero-order chi connectivity index (χ0) is 13.4. The van der Waals surface area contributed by atoms with Crippen LogP contribution in [0.3, 0.4) is 0 Å². The average molecular weight is 247 g/mol. The van der Waals surface area contributed by atoms with Crippen molar-refractivity contribution < 1.29 is 0 Å². The average Bonchev–Trinajstić information content (AvgIpc) is 2.39. The Kier molecular flexibility index (Phi) is 6.58. The molecular formula is C15H25N3. The van der Waals surface area contributed by atoms with Crippen LogP contribution in [0.1, 0.15) is 56.1 Å². The smallest absolute Gasteiger partial charge is 0.0676 e. The van der Waals surface area contributed by atoms with Gasteiger partial charge in [0.05, 0.1) is 11.4 Å². The highest BCUT2D eigenvalue weighted by Gasteiger charge is 2.15.